The molecule has 1 unspecified atom stereocenters. The molecule has 5 nitrogen and oxygen atoms in total. The van der Waals surface area contributed by atoms with E-state index in [1.807, 2.05) is 6.07 Å². The summed E-state index contributed by atoms with van der Waals surface area (Å²) in [4.78, 5) is 11.2. The van der Waals surface area contributed by atoms with Gasteiger partial charge < -0.3 is 20.4 Å². The van der Waals surface area contributed by atoms with Crippen LogP contribution in [0.3, 0.4) is 0 Å². The number of aromatic nitrogens is 3. The van der Waals surface area contributed by atoms with Crippen molar-refractivity contribution in [2.24, 2.45) is 0 Å². The Labute approximate surface area is 208 Å². The third kappa shape index (κ3) is 3.72. The Balaban J connectivity index is 1.68. The van der Waals surface area contributed by atoms with Crippen LogP contribution in [0.25, 0.3) is 27.9 Å². The lowest BCUT2D eigenvalue weighted by Crippen LogP contribution is -2.15. The van der Waals surface area contributed by atoms with Gasteiger partial charge in [-0.2, -0.15) is 4.98 Å². The predicted octanol–water partition coefficient (Wildman–Crippen LogP) is 7.05. The van der Waals surface area contributed by atoms with Crippen molar-refractivity contribution >= 4 is 34.7 Å². The van der Waals surface area contributed by atoms with Gasteiger partial charge in [-0.15, -0.1) is 0 Å². The van der Waals surface area contributed by atoms with Gasteiger partial charge in [0.05, 0.1) is 11.3 Å². The Hall–Kier alpha value is -4.16. The van der Waals surface area contributed by atoms with Gasteiger partial charge >= 0.3 is 0 Å². The number of nitrogen functional groups attached to an aromatic ring is 1. The van der Waals surface area contributed by atoms with E-state index in [0.717, 1.165) is 44.6 Å². The number of aryl methyl sites for hydroxylation is 2. The summed E-state index contributed by atoms with van der Waals surface area (Å²) in [5.74, 6) is 1.43. The second-order valence-electron chi connectivity index (χ2n) is 8.98. The minimum atomic E-state index is -0.208. The van der Waals surface area contributed by atoms with Crippen molar-refractivity contribution in [3.05, 3.63) is 111 Å². The van der Waals surface area contributed by atoms with Gasteiger partial charge in [-0.3, -0.25) is 0 Å². The Morgan fingerprint density at radius 1 is 0.857 bits per heavy atom. The highest BCUT2D eigenvalue weighted by atomic mass is 32.1. The SMILES string of the molecule is Cc1ccc(C2=CC(c3c(-c4ccccc4)[nH]c4ccc(C)cc34)c3c(nc(=S)[nH]c3N)O2)cc1. The summed E-state index contributed by atoms with van der Waals surface area (Å²) in [6, 6.07) is 25.1. The third-order valence-corrected chi connectivity index (χ3v) is 6.70. The topological polar surface area (TPSA) is 79.7 Å². The molecule has 0 bridgehead atoms. The third-order valence-electron chi connectivity index (χ3n) is 6.50. The second-order valence-corrected chi connectivity index (χ2v) is 9.37. The summed E-state index contributed by atoms with van der Waals surface area (Å²) in [5.41, 5.74) is 15.0. The van der Waals surface area contributed by atoms with Gasteiger partial charge in [0, 0.05) is 22.4 Å². The van der Waals surface area contributed by atoms with Gasteiger partial charge in [0.2, 0.25) is 10.7 Å². The van der Waals surface area contributed by atoms with Crippen molar-refractivity contribution in [1.82, 2.24) is 15.0 Å². The van der Waals surface area contributed by atoms with Gasteiger partial charge in [-0.1, -0.05) is 71.8 Å². The fourth-order valence-electron chi connectivity index (χ4n) is 4.81. The molecule has 1 aliphatic heterocycles. The number of ether oxygens (including phenoxy) is 1. The van der Waals surface area contributed by atoms with Crippen LogP contribution < -0.4 is 10.5 Å². The van der Waals surface area contributed by atoms with Crippen LogP contribution in [0, 0.1) is 18.6 Å². The van der Waals surface area contributed by atoms with E-state index in [1.165, 1.54) is 11.1 Å². The van der Waals surface area contributed by atoms with Crippen LogP contribution >= 0.6 is 12.2 Å². The second kappa shape index (κ2) is 8.25. The van der Waals surface area contributed by atoms with Crippen LogP contribution in [0.2, 0.25) is 0 Å². The van der Waals surface area contributed by atoms with Crippen LogP contribution in [0.1, 0.15) is 33.7 Å². The highest BCUT2D eigenvalue weighted by molar-refractivity contribution is 7.71. The van der Waals surface area contributed by atoms with Crippen molar-refractivity contribution in [1.29, 1.82) is 0 Å². The number of nitrogens with one attached hydrogen (secondary N) is 2. The number of rotatable bonds is 3. The van der Waals surface area contributed by atoms with E-state index in [0.29, 0.717) is 16.5 Å². The molecule has 0 radical (unpaired) electrons. The van der Waals surface area contributed by atoms with Crippen LogP contribution in [-0.2, 0) is 0 Å². The molecule has 0 amide bonds. The highest BCUT2D eigenvalue weighted by Gasteiger charge is 2.32. The predicted molar refractivity (Wildman–Crippen MR) is 144 cm³/mol. The molecule has 6 rings (SSSR count). The molecular formula is C29H24N4OS. The number of benzene rings is 3. The van der Waals surface area contributed by atoms with Gasteiger partial charge in [-0.05, 0) is 55.4 Å². The maximum absolute atomic E-state index is 6.52. The Bertz CT molecular complexity index is 1660. The fraction of sp³-hybridized carbons (Fsp3) is 0.103. The summed E-state index contributed by atoms with van der Waals surface area (Å²) < 4.78 is 6.60. The normalized spacial score (nSPS) is 14.9. The quantitative estimate of drug-likeness (QED) is 0.244. The van der Waals surface area contributed by atoms with Gasteiger partial charge in [0.1, 0.15) is 11.6 Å². The summed E-state index contributed by atoms with van der Waals surface area (Å²) in [5, 5.41) is 1.14. The average molecular weight is 477 g/mol. The lowest BCUT2D eigenvalue weighted by atomic mass is 9.85. The van der Waals surface area contributed by atoms with E-state index in [2.05, 4.69) is 102 Å². The Morgan fingerprint density at radius 3 is 2.37 bits per heavy atom. The number of nitrogens with two attached hydrogens (primary N) is 1. The largest absolute Gasteiger partial charge is 0.438 e. The zero-order valence-corrected chi connectivity index (χ0v) is 20.2. The molecule has 0 spiro atoms. The molecule has 5 aromatic rings. The molecule has 1 aliphatic rings. The number of anilines is 1. The smallest absolute Gasteiger partial charge is 0.229 e. The molecule has 3 heterocycles. The first kappa shape index (κ1) is 21.4. The van der Waals surface area contributed by atoms with Gasteiger partial charge in [0.15, 0.2) is 0 Å². The highest BCUT2D eigenvalue weighted by Crippen LogP contribution is 2.47. The van der Waals surface area contributed by atoms with Crippen molar-refractivity contribution in [2.75, 3.05) is 5.73 Å². The molecule has 0 saturated heterocycles. The van der Waals surface area contributed by atoms with Crippen molar-refractivity contribution in [2.45, 2.75) is 19.8 Å². The molecule has 172 valence electrons. The summed E-state index contributed by atoms with van der Waals surface area (Å²) in [6.07, 6.45) is 2.14. The number of nitrogens with zero attached hydrogens (tertiary/aromatic N) is 1. The number of hydrogen-bond acceptors (Lipinski definition) is 4. The first-order valence-corrected chi connectivity index (χ1v) is 11.9. The Kier molecular flexibility index (Phi) is 5.04. The molecule has 0 aliphatic carbocycles. The van der Waals surface area contributed by atoms with E-state index < -0.39 is 0 Å². The van der Waals surface area contributed by atoms with E-state index in [-0.39, 0.29) is 5.92 Å². The molecule has 6 heteroatoms. The molecule has 0 fully saturated rings. The van der Waals surface area contributed by atoms with E-state index in [1.54, 1.807) is 0 Å². The summed E-state index contributed by atoms with van der Waals surface area (Å²) in [7, 11) is 0. The number of fused-ring (bicyclic) bond motifs is 2. The van der Waals surface area contributed by atoms with Gasteiger partial charge in [0.25, 0.3) is 0 Å². The lowest BCUT2D eigenvalue weighted by Gasteiger charge is -2.26. The van der Waals surface area contributed by atoms with Crippen LogP contribution in [0.4, 0.5) is 5.82 Å². The fourth-order valence-corrected chi connectivity index (χ4v) is 5.01. The van der Waals surface area contributed by atoms with Crippen molar-refractivity contribution in [3.63, 3.8) is 0 Å². The number of H-pyrrole nitrogens is 2. The first-order chi connectivity index (χ1) is 17.0. The molecule has 4 N–H and O–H groups in total. The summed E-state index contributed by atoms with van der Waals surface area (Å²) >= 11 is 5.34. The minimum Gasteiger partial charge on any atom is -0.438 e. The van der Waals surface area contributed by atoms with Crippen molar-refractivity contribution < 1.29 is 4.74 Å². The zero-order chi connectivity index (χ0) is 24.1. The molecular weight excluding hydrogens is 452 g/mol. The van der Waals surface area contributed by atoms with E-state index in [4.69, 9.17) is 22.7 Å². The standard InChI is InChI=1S/C29H24N4OS/c1-16-8-11-18(12-9-16)23-15-21(25-27(30)32-29(35)33-28(25)34-23)24-20-14-17(2)10-13-22(20)31-26(24)19-6-4-3-5-7-19/h3-15,21,31H,1-2H3,(H3,30,32,33,35). The molecule has 0 saturated carbocycles. The molecule has 3 aromatic carbocycles. The van der Waals surface area contributed by atoms with Crippen LogP contribution in [0.5, 0.6) is 5.88 Å². The first-order valence-electron chi connectivity index (χ1n) is 11.5. The van der Waals surface area contributed by atoms with E-state index in [9.17, 15) is 0 Å². The Morgan fingerprint density at radius 2 is 1.60 bits per heavy atom. The molecule has 35 heavy (non-hydrogen) atoms. The zero-order valence-electron chi connectivity index (χ0n) is 19.4. The number of allylic oxidation sites excluding steroid dienone is 1. The number of aromatic amines is 2. The molecule has 1 atom stereocenters. The minimum absolute atomic E-state index is 0.208. The average Bonchev–Trinajstić information content (AvgIpc) is 3.22. The molecule has 2 aromatic heterocycles. The monoisotopic (exact) mass is 476 g/mol. The number of hydrogen-bond donors (Lipinski definition) is 3. The summed E-state index contributed by atoms with van der Waals surface area (Å²) in [6.45, 7) is 4.18. The maximum Gasteiger partial charge on any atom is 0.229 e. The van der Waals surface area contributed by atoms with E-state index >= 15 is 0 Å². The van der Waals surface area contributed by atoms with Crippen molar-refractivity contribution in [3.8, 4) is 17.1 Å². The lowest BCUT2D eigenvalue weighted by molar-refractivity contribution is 0.469. The van der Waals surface area contributed by atoms with Crippen LogP contribution in [-0.4, -0.2) is 15.0 Å². The maximum atomic E-state index is 6.52. The van der Waals surface area contributed by atoms with Crippen LogP contribution in [0.15, 0.2) is 78.9 Å². The van der Waals surface area contributed by atoms with Gasteiger partial charge in [-0.25, -0.2) is 0 Å².